The summed E-state index contributed by atoms with van der Waals surface area (Å²) in [7, 11) is 0. The molecular weight excluding hydrogens is 256 g/mol. The number of hydrogen-bond donors (Lipinski definition) is 1. The van der Waals surface area contributed by atoms with Gasteiger partial charge in [0.25, 0.3) is 0 Å². The van der Waals surface area contributed by atoms with Crippen LogP contribution in [0.5, 0.6) is 5.75 Å². The first kappa shape index (κ1) is 13.3. The highest BCUT2D eigenvalue weighted by Crippen LogP contribution is 2.19. The minimum atomic E-state index is 0.626. The lowest BCUT2D eigenvalue weighted by molar-refractivity contribution is 0.344. The van der Waals surface area contributed by atoms with Crippen molar-refractivity contribution >= 4 is 17.4 Å². The van der Waals surface area contributed by atoms with Gasteiger partial charge in [-0.25, -0.2) is 0 Å². The Kier molecular flexibility index (Phi) is 4.71. The number of nitriles is 1. The Labute approximate surface area is 117 Å². The molecule has 0 saturated carbocycles. The van der Waals surface area contributed by atoms with E-state index in [4.69, 9.17) is 15.7 Å². The first-order valence-corrected chi connectivity index (χ1v) is 6.88. The molecule has 2 rings (SSSR count). The molecule has 2 aromatic rings. The molecule has 0 heterocycles. The summed E-state index contributed by atoms with van der Waals surface area (Å²) in [4.78, 5) is 1.18. The number of nitrogens with zero attached hydrogens (tertiary/aromatic N) is 1. The zero-order chi connectivity index (χ0) is 13.5. The smallest absolute Gasteiger partial charge is 0.119 e. The molecule has 2 aromatic carbocycles. The maximum atomic E-state index is 8.69. The maximum absolute atomic E-state index is 8.69. The summed E-state index contributed by atoms with van der Waals surface area (Å²) in [5.74, 6) is 1.65. The van der Waals surface area contributed by atoms with E-state index in [-0.39, 0.29) is 0 Å². The van der Waals surface area contributed by atoms with Gasteiger partial charge in [-0.3, -0.25) is 0 Å². The molecule has 2 N–H and O–H groups in total. The fourth-order valence-electron chi connectivity index (χ4n) is 1.51. The van der Waals surface area contributed by atoms with E-state index in [2.05, 4.69) is 6.07 Å². The van der Waals surface area contributed by atoms with Gasteiger partial charge >= 0.3 is 0 Å². The molecule has 0 saturated heterocycles. The standard InChI is InChI=1S/C15H14N2OS/c16-11-12-1-5-14(6-2-12)18-9-10-19-15-7-3-13(17)4-8-15/h1-8H,9-10,17H2. The number of nitrogen functional groups attached to an aromatic ring is 1. The third-order valence-corrected chi connectivity index (χ3v) is 3.46. The normalized spacial score (nSPS) is 9.84. The van der Waals surface area contributed by atoms with Crippen LogP contribution in [-0.2, 0) is 0 Å². The Morgan fingerprint density at radius 1 is 1.05 bits per heavy atom. The van der Waals surface area contributed by atoms with Crippen molar-refractivity contribution in [1.82, 2.24) is 0 Å². The van der Waals surface area contributed by atoms with E-state index in [1.165, 1.54) is 4.90 Å². The molecule has 0 aromatic heterocycles. The predicted molar refractivity (Wildman–Crippen MR) is 78.2 cm³/mol. The molecule has 0 unspecified atom stereocenters. The summed E-state index contributed by atoms with van der Waals surface area (Å²) in [5.41, 5.74) is 7.04. The number of nitrogens with two attached hydrogens (primary N) is 1. The summed E-state index contributed by atoms with van der Waals surface area (Å²) in [5, 5.41) is 8.69. The van der Waals surface area contributed by atoms with Crippen molar-refractivity contribution < 1.29 is 4.74 Å². The molecule has 0 fully saturated rings. The third-order valence-electron chi connectivity index (χ3n) is 2.48. The fraction of sp³-hybridized carbons (Fsp3) is 0.133. The minimum absolute atomic E-state index is 0.626. The van der Waals surface area contributed by atoms with E-state index in [9.17, 15) is 0 Å². The molecule has 0 aliphatic heterocycles. The van der Waals surface area contributed by atoms with Crippen molar-refractivity contribution in [2.75, 3.05) is 18.1 Å². The van der Waals surface area contributed by atoms with Gasteiger partial charge in [-0.2, -0.15) is 5.26 Å². The highest BCUT2D eigenvalue weighted by atomic mass is 32.2. The Hall–Kier alpha value is -2.12. The zero-order valence-corrected chi connectivity index (χ0v) is 11.2. The van der Waals surface area contributed by atoms with E-state index in [1.807, 2.05) is 36.4 Å². The quantitative estimate of drug-likeness (QED) is 0.514. The molecule has 0 amide bonds. The molecule has 0 aliphatic carbocycles. The van der Waals surface area contributed by atoms with Gasteiger partial charge in [0.1, 0.15) is 5.75 Å². The van der Waals surface area contributed by atoms with Crippen molar-refractivity contribution in [2.45, 2.75) is 4.90 Å². The number of benzene rings is 2. The molecule has 0 radical (unpaired) electrons. The number of hydrogen-bond acceptors (Lipinski definition) is 4. The maximum Gasteiger partial charge on any atom is 0.119 e. The number of thioether (sulfide) groups is 1. The molecule has 0 bridgehead atoms. The lowest BCUT2D eigenvalue weighted by Crippen LogP contribution is -1.99. The van der Waals surface area contributed by atoms with Crippen LogP contribution in [0.1, 0.15) is 5.56 Å². The lowest BCUT2D eigenvalue weighted by Gasteiger charge is -2.06. The minimum Gasteiger partial charge on any atom is -0.493 e. The van der Waals surface area contributed by atoms with Gasteiger partial charge in [-0.05, 0) is 48.5 Å². The average molecular weight is 270 g/mol. The summed E-state index contributed by atoms with van der Waals surface area (Å²) >= 11 is 1.72. The molecule has 0 spiro atoms. The van der Waals surface area contributed by atoms with Gasteiger partial charge in [-0.1, -0.05) is 0 Å². The molecular formula is C15H14N2OS. The van der Waals surface area contributed by atoms with Crippen molar-refractivity contribution in [2.24, 2.45) is 0 Å². The van der Waals surface area contributed by atoms with Crippen molar-refractivity contribution in [3.63, 3.8) is 0 Å². The second kappa shape index (κ2) is 6.72. The van der Waals surface area contributed by atoms with Gasteiger partial charge in [-0.15, -0.1) is 11.8 Å². The zero-order valence-electron chi connectivity index (χ0n) is 10.4. The second-order valence-electron chi connectivity index (χ2n) is 3.90. The van der Waals surface area contributed by atoms with E-state index in [0.717, 1.165) is 17.2 Å². The Bertz CT molecular complexity index is 558. The average Bonchev–Trinajstić information content (AvgIpc) is 2.46. The van der Waals surface area contributed by atoms with Crippen molar-refractivity contribution in [3.05, 3.63) is 54.1 Å². The van der Waals surface area contributed by atoms with Gasteiger partial charge in [0, 0.05) is 16.3 Å². The van der Waals surface area contributed by atoms with Crippen LogP contribution in [0, 0.1) is 11.3 Å². The monoisotopic (exact) mass is 270 g/mol. The summed E-state index contributed by atoms with van der Waals surface area (Å²) in [6, 6.07) is 17.0. The van der Waals surface area contributed by atoms with Crippen LogP contribution in [-0.4, -0.2) is 12.4 Å². The van der Waals surface area contributed by atoms with Crippen LogP contribution in [0.4, 0.5) is 5.69 Å². The van der Waals surface area contributed by atoms with Crippen LogP contribution in [0.3, 0.4) is 0 Å². The van der Waals surface area contributed by atoms with Crippen LogP contribution in [0.15, 0.2) is 53.4 Å². The predicted octanol–water partition coefficient (Wildman–Crippen LogP) is 3.31. The largest absolute Gasteiger partial charge is 0.493 e. The molecule has 0 atom stereocenters. The van der Waals surface area contributed by atoms with E-state index in [1.54, 1.807) is 23.9 Å². The number of rotatable bonds is 5. The first-order chi connectivity index (χ1) is 9.28. The third kappa shape index (κ3) is 4.23. The number of ether oxygens (including phenoxy) is 1. The fourth-order valence-corrected chi connectivity index (χ4v) is 2.24. The highest BCUT2D eigenvalue weighted by molar-refractivity contribution is 7.99. The van der Waals surface area contributed by atoms with Crippen LogP contribution < -0.4 is 10.5 Å². The first-order valence-electron chi connectivity index (χ1n) is 5.89. The van der Waals surface area contributed by atoms with E-state index in [0.29, 0.717) is 12.2 Å². The Morgan fingerprint density at radius 3 is 2.37 bits per heavy atom. The summed E-state index contributed by atoms with van der Waals surface area (Å²) < 4.78 is 5.60. The topological polar surface area (TPSA) is 59.0 Å². The van der Waals surface area contributed by atoms with Crippen LogP contribution in [0.2, 0.25) is 0 Å². The number of anilines is 1. The molecule has 96 valence electrons. The summed E-state index contributed by atoms with van der Waals surface area (Å²) in [6.07, 6.45) is 0. The Balaban J connectivity index is 1.74. The summed E-state index contributed by atoms with van der Waals surface area (Å²) in [6.45, 7) is 0.626. The van der Waals surface area contributed by atoms with Crippen molar-refractivity contribution in [3.8, 4) is 11.8 Å². The molecule has 3 nitrogen and oxygen atoms in total. The van der Waals surface area contributed by atoms with Gasteiger partial charge < -0.3 is 10.5 Å². The lowest BCUT2D eigenvalue weighted by atomic mass is 10.2. The Morgan fingerprint density at radius 2 is 1.74 bits per heavy atom. The highest BCUT2D eigenvalue weighted by Gasteiger charge is 1.97. The van der Waals surface area contributed by atoms with Gasteiger partial charge in [0.2, 0.25) is 0 Å². The second-order valence-corrected chi connectivity index (χ2v) is 5.07. The van der Waals surface area contributed by atoms with Gasteiger partial charge in [0.05, 0.1) is 18.2 Å². The van der Waals surface area contributed by atoms with Crippen molar-refractivity contribution in [1.29, 1.82) is 5.26 Å². The van der Waals surface area contributed by atoms with Gasteiger partial charge in [0.15, 0.2) is 0 Å². The SMILES string of the molecule is N#Cc1ccc(OCCSc2ccc(N)cc2)cc1. The van der Waals surface area contributed by atoms with Crippen LogP contribution >= 0.6 is 11.8 Å². The molecule has 0 aliphatic rings. The van der Waals surface area contributed by atoms with E-state index >= 15 is 0 Å². The molecule has 19 heavy (non-hydrogen) atoms. The van der Waals surface area contributed by atoms with E-state index < -0.39 is 0 Å². The van der Waals surface area contributed by atoms with Crippen LogP contribution in [0.25, 0.3) is 0 Å². The molecule has 4 heteroatoms.